The molecule has 1 saturated heterocycles. The van der Waals surface area contributed by atoms with Crippen LogP contribution < -0.4 is 0 Å². The van der Waals surface area contributed by atoms with Crippen molar-refractivity contribution in [3.8, 4) is 11.3 Å². The number of amides is 1. The summed E-state index contributed by atoms with van der Waals surface area (Å²) in [6.07, 6.45) is 3.67. The van der Waals surface area contributed by atoms with E-state index in [0.717, 1.165) is 16.7 Å². The number of furan rings is 1. The largest absolute Gasteiger partial charge is 0.480 e. The van der Waals surface area contributed by atoms with E-state index in [2.05, 4.69) is 0 Å². The number of rotatable bonds is 7. The predicted octanol–water partition coefficient (Wildman–Crippen LogP) is 4.49. The number of carbonyl (C=O) groups excluding carboxylic acids is 1. The van der Waals surface area contributed by atoms with Crippen molar-refractivity contribution >= 4 is 58.0 Å². The smallest absolute Gasteiger partial charge is 0.326 e. The minimum absolute atomic E-state index is 0.200. The van der Waals surface area contributed by atoms with Gasteiger partial charge in [0.2, 0.25) is 0 Å². The molecule has 146 valence electrons. The van der Waals surface area contributed by atoms with E-state index in [4.69, 9.17) is 16.6 Å². The van der Waals surface area contributed by atoms with Crippen molar-refractivity contribution in [2.75, 3.05) is 12.0 Å². The molecule has 1 aliphatic heterocycles. The lowest BCUT2D eigenvalue weighted by Gasteiger charge is -2.22. The number of hydrogen-bond acceptors (Lipinski definition) is 6. The lowest BCUT2D eigenvalue weighted by molar-refractivity contribution is -0.145. The third kappa shape index (κ3) is 4.31. The minimum Gasteiger partial charge on any atom is -0.480 e. The Morgan fingerprint density at radius 2 is 2.14 bits per heavy atom. The Morgan fingerprint density at radius 3 is 2.82 bits per heavy atom. The number of aliphatic carboxylic acids is 1. The highest BCUT2D eigenvalue weighted by Crippen LogP contribution is 2.35. The van der Waals surface area contributed by atoms with Gasteiger partial charge in [0.25, 0.3) is 5.91 Å². The minimum atomic E-state index is -1.09. The van der Waals surface area contributed by atoms with E-state index in [-0.39, 0.29) is 9.23 Å². The second-order valence-electron chi connectivity index (χ2n) is 5.87. The van der Waals surface area contributed by atoms with Crippen LogP contribution >= 0.6 is 35.7 Å². The third-order valence-corrected chi connectivity index (χ3v) is 6.03. The Morgan fingerprint density at radius 1 is 1.39 bits per heavy atom. The summed E-state index contributed by atoms with van der Waals surface area (Å²) in [5, 5.41) is 9.48. The summed E-state index contributed by atoms with van der Waals surface area (Å²) in [6, 6.07) is 8.46. The molecule has 0 radical (unpaired) electrons. The number of thioether (sulfide) groups is 2. The number of nitrogens with zero attached hydrogens (tertiary/aromatic N) is 1. The predicted molar refractivity (Wildman–Crippen MR) is 114 cm³/mol. The van der Waals surface area contributed by atoms with E-state index < -0.39 is 23.7 Å². The van der Waals surface area contributed by atoms with Crippen LogP contribution in [0.15, 0.2) is 45.7 Å². The van der Waals surface area contributed by atoms with E-state index in [1.165, 1.54) is 23.9 Å². The number of carboxylic acids is 1. The average molecular weight is 438 g/mol. The Labute approximate surface area is 175 Å². The van der Waals surface area contributed by atoms with Gasteiger partial charge in [-0.1, -0.05) is 36.1 Å². The standard InChI is InChI=1S/C19H16FNO4S3/c1-27-9-8-14(18(23)24)21-17(22)16(28-19(21)26)10-11-6-7-15(25-11)12-4-2-3-5-13(12)20/h2-7,10,14H,8-9H2,1H3,(H,23,24)/b16-10-. The number of carboxylic acid groups (broad SMARTS) is 1. The van der Waals surface area contributed by atoms with Crippen molar-refractivity contribution in [1.29, 1.82) is 0 Å². The van der Waals surface area contributed by atoms with Crippen LogP contribution in [0.4, 0.5) is 4.39 Å². The third-order valence-electron chi connectivity index (χ3n) is 4.06. The summed E-state index contributed by atoms with van der Waals surface area (Å²) in [7, 11) is 0. The summed E-state index contributed by atoms with van der Waals surface area (Å²) < 4.78 is 19.7. The van der Waals surface area contributed by atoms with Crippen molar-refractivity contribution in [1.82, 2.24) is 4.90 Å². The first-order valence-electron chi connectivity index (χ1n) is 8.26. The molecule has 1 unspecified atom stereocenters. The molecule has 1 N–H and O–H groups in total. The lowest BCUT2D eigenvalue weighted by atomic mass is 10.1. The molecule has 2 aromatic rings. The van der Waals surface area contributed by atoms with Crippen molar-refractivity contribution < 1.29 is 23.5 Å². The van der Waals surface area contributed by atoms with Crippen LogP contribution in [0.2, 0.25) is 0 Å². The number of benzene rings is 1. The molecule has 1 aliphatic rings. The van der Waals surface area contributed by atoms with Crippen LogP contribution in [0.5, 0.6) is 0 Å². The zero-order valence-electron chi connectivity index (χ0n) is 14.8. The van der Waals surface area contributed by atoms with Crippen molar-refractivity contribution in [2.24, 2.45) is 0 Å². The molecule has 0 aliphatic carbocycles. The first-order chi connectivity index (χ1) is 13.4. The molecule has 0 spiro atoms. The van der Waals surface area contributed by atoms with E-state index in [1.54, 1.807) is 30.3 Å². The van der Waals surface area contributed by atoms with E-state index in [0.29, 0.717) is 29.3 Å². The highest BCUT2D eigenvalue weighted by molar-refractivity contribution is 8.26. The Hall–Kier alpha value is -2.10. The van der Waals surface area contributed by atoms with Crippen LogP contribution in [0.1, 0.15) is 12.2 Å². The van der Waals surface area contributed by atoms with Gasteiger partial charge in [-0.3, -0.25) is 9.69 Å². The Kier molecular flexibility index (Phi) is 6.58. The topological polar surface area (TPSA) is 70.8 Å². The lowest BCUT2D eigenvalue weighted by Crippen LogP contribution is -2.44. The van der Waals surface area contributed by atoms with E-state index in [9.17, 15) is 19.1 Å². The molecule has 2 heterocycles. The van der Waals surface area contributed by atoms with Gasteiger partial charge in [-0.2, -0.15) is 11.8 Å². The normalized spacial score (nSPS) is 16.8. The summed E-state index contributed by atoms with van der Waals surface area (Å²) >= 11 is 7.76. The fourth-order valence-corrected chi connectivity index (χ4v) is 4.50. The van der Waals surface area contributed by atoms with Gasteiger partial charge in [-0.05, 0) is 42.7 Å². The van der Waals surface area contributed by atoms with Gasteiger partial charge in [-0.25, -0.2) is 9.18 Å². The van der Waals surface area contributed by atoms with Gasteiger partial charge in [-0.15, -0.1) is 0 Å². The fraction of sp³-hybridized carbons (Fsp3) is 0.211. The number of carbonyl (C=O) groups is 2. The van der Waals surface area contributed by atoms with Crippen LogP contribution in [-0.2, 0) is 9.59 Å². The molecule has 0 saturated carbocycles. The van der Waals surface area contributed by atoms with Gasteiger partial charge in [0.15, 0.2) is 0 Å². The molecule has 3 rings (SSSR count). The maximum atomic E-state index is 13.9. The SMILES string of the molecule is CSCCC(C(=O)O)N1C(=O)/C(=C/c2ccc(-c3ccccc3F)o2)SC1=S. The van der Waals surface area contributed by atoms with Crippen molar-refractivity contribution in [3.05, 3.63) is 52.9 Å². The molecule has 9 heteroatoms. The summed E-state index contributed by atoms with van der Waals surface area (Å²) in [6.45, 7) is 0. The Bertz CT molecular complexity index is 956. The highest BCUT2D eigenvalue weighted by Gasteiger charge is 2.40. The van der Waals surface area contributed by atoms with E-state index >= 15 is 0 Å². The molecule has 1 aromatic heterocycles. The summed E-state index contributed by atoms with van der Waals surface area (Å²) in [5.41, 5.74) is 0.317. The quantitative estimate of drug-likeness (QED) is 0.505. The number of halogens is 1. The maximum Gasteiger partial charge on any atom is 0.326 e. The Balaban J connectivity index is 1.84. The number of thiocarbonyl (C=S) groups is 1. The second kappa shape index (κ2) is 8.93. The molecular formula is C19H16FNO4S3. The van der Waals surface area contributed by atoms with Crippen molar-refractivity contribution in [2.45, 2.75) is 12.5 Å². The van der Waals surface area contributed by atoms with Crippen LogP contribution in [-0.4, -0.2) is 44.3 Å². The molecule has 1 aromatic carbocycles. The average Bonchev–Trinajstić information content (AvgIpc) is 3.22. The first kappa shape index (κ1) is 20.6. The first-order valence-corrected chi connectivity index (χ1v) is 10.9. The van der Waals surface area contributed by atoms with Gasteiger partial charge in [0.1, 0.15) is 27.7 Å². The number of hydrogen-bond donors (Lipinski definition) is 1. The zero-order valence-corrected chi connectivity index (χ0v) is 17.2. The second-order valence-corrected chi connectivity index (χ2v) is 8.53. The van der Waals surface area contributed by atoms with Crippen LogP contribution in [0.25, 0.3) is 17.4 Å². The maximum absolute atomic E-state index is 13.9. The molecule has 28 heavy (non-hydrogen) atoms. The van der Waals surface area contributed by atoms with Gasteiger partial charge in [0, 0.05) is 6.08 Å². The molecule has 1 atom stereocenters. The monoisotopic (exact) mass is 437 g/mol. The van der Waals surface area contributed by atoms with Crippen LogP contribution in [0, 0.1) is 5.82 Å². The van der Waals surface area contributed by atoms with Gasteiger partial charge in [0.05, 0.1) is 10.5 Å². The fourth-order valence-electron chi connectivity index (χ4n) is 2.71. The molecular weight excluding hydrogens is 421 g/mol. The summed E-state index contributed by atoms with van der Waals surface area (Å²) in [4.78, 5) is 25.7. The summed E-state index contributed by atoms with van der Waals surface area (Å²) in [5.74, 6) is -0.679. The van der Waals surface area contributed by atoms with Gasteiger partial charge < -0.3 is 9.52 Å². The van der Waals surface area contributed by atoms with Gasteiger partial charge >= 0.3 is 5.97 Å². The molecule has 1 fully saturated rings. The molecule has 1 amide bonds. The highest BCUT2D eigenvalue weighted by atomic mass is 32.2. The van der Waals surface area contributed by atoms with Crippen LogP contribution in [0.3, 0.4) is 0 Å². The molecule has 0 bridgehead atoms. The van der Waals surface area contributed by atoms with E-state index in [1.807, 2.05) is 6.26 Å². The zero-order chi connectivity index (χ0) is 20.3. The van der Waals surface area contributed by atoms with Crippen molar-refractivity contribution in [3.63, 3.8) is 0 Å². The molecule has 5 nitrogen and oxygen atoms in total.